The van der Waals surface area contributed by atoms with Crippen molar-refractivity contribution in [2.45, 2.75) is 42.0 Å². The van der Waals surface area contributed by atoms with Crippen molar-refractivity contribution in [1.29, 1.82) is 0 Å². The van der Waals surface area contributed by atoms with Crippen LogP contribution in [0.2, 0.25) is 0 Å². The molecule has 19 heteroatoms. The monoisotopic (exact) mass is 1110 g/mol. The molecule has 0 bridgehead atoms. The molecule has 1 saturated heterocycles. The number of carbonyl (C=O) groups is 5. The maximum absolute atomic E-state index is 14.8. The number of nitrogens with one attached hydrogen (secondary N) is 2. The van der Waals surface area contributed by atoms with E-state index in [1.807, 2.05) is 152 Å². The zero-order valence-corrected chi connectivity index (χ0v) is 44.7. The van der Waals surface area contributed by atoms with Crippen LogP contribution in [0.1, 0.15) is 52.1 Å². The summed E-state index contributed by atoms with van der Waals surface area (Å²) in [6.07, 6.45) is -0.770. The number of amides is 2. The summed E-state index contributed by atoms with van der Waals surface area (Å²) in [4.78, 5) is 81.2. The standard InChI is InChI=1S/C58H50ClN5O10S3/c1-37(73-47(65)32-59)77-46-36-75-55-50(54(68)64(55)51(46)56(69)71-33-38-28-30-44(70-2)31-29-38)61-53(67)49(63-72-34-48(66)74-52(39-18-8-3-9-19-39)40-20-10-4-11-21-40)45-35-76-57(60-45)62-58(41-22-12-5-13-23-41,42-24-14-6-15-25-42)43-26-16-7-17-27-43/h3-31,35,37,50,52,55H,32-34,36H2,1-2H3,(H,60,62)(H,61,67)/b63-49-/t37?,50-,55-/m1/s1. The molecule has 1 unspecified atom stereocenters. The van der Waals surface area contributed by atoms with E-state index in [1.165, 1.54) is 28.0 Å². The smallest absolute Gasteiger partial charge is 0.356 e. The molecule has 15 nitrogen and oxygen atoms in total. The Bertz CT molecular complexity index is 3110. The van der Waals surface area contributed by atoms with Crippen molar-refractivity contribution < 1.29 is 47.8 Å². The minimum atomic E-state index is -1.17. The first-order valence-corrected chi connectivity index (χ1v) is 27.5. The zero-order valence-electron chi connectivity index (χ0n) is 41.5. The quantitative estimate of drug-likeness (QED) is 0.00956. The number of fused-ring (bicyclic) bond motifs is 1. The van der Waals surface area contributed by atoms with Crippen LogP contribution in [-0.4, -0.2) is 87.5 Å². The number of β-lactam (4-membered cyclic amide) rings is 1. The van der Waals surface area contributed by atoms with Crippen LogP contribution in [0.4, 0.5) is 5.13 Å². The highest BCUT2D eigenvalue weighted by Gasteiger charge is 2.55. The summed E-state index contributed by atoms with van der Waals surface area (Å²) in [5.41, 5.74) is 2.78. The van der Waals surface area contributed by atoms with Gasteiger partial charge in [0.25, 0.3) is 11.8 Å². The van der Waals surface area contributed by atoms with Crippen molar-refractivity contribution in [3.63, 3.8) is 0 Å². The van der Waals surface area contributed by atoms with Gasteiger partial charge in [0.05, 0.1) is 7.11 Å². The summed E-state index contributed by atoms with van der Waals surface area (Å²) >= 11 is 9.28. The number of hydrogen-bond donors (Lipinski definition) is 2. The summed E-state index contributed by atoms with van der Waals surface area (Å²) in [5.74, 6) is -3.27. The third kappa shape index (κ3) is 12.5. The van der Waals surface area contributed by atoms with Crippen LogP contribution in [0.25, 0.3) is 0 Å². The average Bonchev–Trinajstić information content (AvgIpc) is 3.96. The van der Waals surface area contributed by atoms with Crippen molar-refractivity contribution in [2.24, 2.45) is 5.16 Å². The van der Waals surface area contributed by atoms with Gasteiger partial charge in [0, 0.05) is 16.0 Å². The highest BCUT2D eigenvalue weighted by Crippen LogP contribution is 2.45. The Morgan fingerprint density at radius 3 is 1.88 bits per heavy atom. The second-order valence-electron chi connectivity index (χ2n) is 17.3. The molecule has 2 aliphatic rings. The molecular weight excluding hydrogens is 1060 g/mol. The van der Waals surface area contributed by atoms with Crippen molar-refractivity contribution >= 4 is 87.0 Å². The van der Waals surface area contributed by atoms with Crippen molar-refractivity contribution in [1.82, 2.24) is 15.2 Å². The molecule has 2 amide bonds. The number of halogens is 1. The molecule has 3 atom stereocenters. The summed E-state index contributed by atoms with van der Waals surface area (Å²) < 4.78 is 22.4. The van der Waals surface area contributed by atoms with Gasteiger partial charge >= 0.3 is 17.9 Å². The van der Waals surface area contributed by atoms with Crippen LogP contribution in [0.5, 0.6) is 5.75 Å². The number of aromatic nitrogens is 1. The Kier molecular flexibility index (Phi) is 17.7. The molecule has 9 rings (SSSR count). The summed E-state index contributed by atoms with van der Waals surface area (Å²) in [7, 11) is 1.54. The number of hydrogen-bond acceptors (Lipinski definition) is 16. The number of alkyl halides is 1. The van der Waals surface area contributed by atoms with Crippen molar-refractivity contribution in [3.05, 3.63) is 231 Å². The largest absolute Gasteiger partial charge is 0.497 e. The number of methoxy groups -OCH3 is 1. The lowest BCUT2D eigenvalue weighted by atomic mass is 9.77. The molecule has 1 fully saturated rings. The van der Waals surface area contributed by atoms with Gasteiger partial charge in [-0.1, -0.05) is 181 Å². The third-order valence-corrected chi connectivity index (χ3v) is 15.8. The molecule has 3 heterocycles. The normalized spacial score (nSPS) is 15.6. The van der Waals surface area contributed by atoms with Gasteiger partial charge in [-0.25, -0.2) is 14.6 Å². The maximum atomic E-state index is 14.8. The van der Waals surface area contributed by atoms with Crippen molar-refractivity contribution in [3.8, 4) is 5.75 Å². The lowest BCUT2D eigenvalue weighted by Gasteiger charge is -2.49. The number of thioether (sulfide) groups is 2. The number of rotatable bonds is 22. The molecule has 7 aromatic rings. The molecule has 77 heavy (non-hydrogen) atoms. The number of oxime groups is 1. The fraction of sp³-hybridized carbons (Fsp3) is 0.190. The lowest BCUT2D eigenvalue weighted by Crippen LogP contribution is -2.71. The first-order chi connectivity index (χ1) is 37.6. The molecule has 0 spiro atoms. The predicted octanol–water partition coefficient (Wildman–Crippen LogP) is 9.83. The third-order valence-electron chi connectivity index (χ3n) is 12.3. The van der Waals surface area contributed by atoms with E-state index in [-0.39, 0.29) is 35.3 Å². The van der Waals surface area contributed by atoms with E-state index in [9.17, 15) is 24.0 Å². The first kappa shape index (κ1) is 53.9. The molecule has 2 N–H and O–H groups in total. The van der Waals surface area contributed by atoms with E-state index in [1.54, 1.807) is 43.7 Å². The molecule has 0 aliphatic carbocycles. The highest BCUT2D eigenvalue weighted by atomic mass is 35.5. The maximum Gasteiger partial charge on any atom is 0.356 e. The molecule has 1 aromatic heterocycles. The first-order valence-electron chi connectivity index (χ1n) is 24.2. The van der Waals surface area contributed by atoms with Gasteiger partial charge in [-0.15, -0.1) is 34.7 Å². The second kappa shape index (κ2) is 25.3. The number of anilines is 1. The molecule has 6 aromatic carbocycles. The fourth-order valence-corrected chi connectivity index (χ4v) is 12.1. The number of esters is 3. The zero-order chi connectivity index (χ0) is 53.7. The van der Waals surface area contributed by atoms with Gasteiger partial charge in [-0.3, -0.25) is 19.3 Å². The van der Waals surface area contributed by atoms with Gasteiger partial charge < -0.3 is 34.4 Å². The number of thiazole rings is 1. The molecule has 392 valence electrons. The minimum Gasteiger partial charge on any atom is -0.497 e. The Morgan fingerprint density at radius 1 is 0.779 bits per heavy atom. The van der Waals surface area contributed by atoms with Gasteiger partial charge in [-0.05, 0) is 52.4 Å². The van der Waals surface area contributed by atoms with Crippen LogP contribution in [0.3, 0.4) is 0 Å². The Hall–Kier alpha value is -7.90. The van der Waals surface area contributed by atoms with Crippen LogP contribution in [0.15, 0.2) is 197 Å². The topological polar surface area (TPSA) is 184 Å². The van der Waals surface area contributed by atoms with E-state index in [0.717, 1.165) is 39.6 Å². The molecule has 0 radical (unpaired) electrons. The SMILES string of the molecule is COc1ccc(COC(=O)C2=C(SC(C)OC(=O)CCl)CS[C@@H]3[C@H](NC(=O)/C(=N\OCC(=O)OC(c4ccccc4)c4ccccc4)c4csc(NC(c5ccccc5)(c5ccccc5)c5ccccc5)n4)C(=O)N23)cc1. The van der Waals surface area contributed by atoms with Gasteiger partial charge in [0.1, 0.15) is 52.0 Å². The van der Waals surface area contributed by atoms with Gasteiger partial charge in [0.15, 0.2) is 16.9 Å². The Balaban J connectivity index is 1.01. The average molecular weight is 1110 g/mol. The number of nitrogens with zero attached hydrogens (tertiary/aromatic N) is 3. The second-order valence-corrected chi connectivity index (χ2v) is 20.9. The van der Waals surface area contributed by atoms with Gasteiger partial charge in [-0.2, -0.15) is 0 Å². The summed E-state index contributed by atoms with van der Waals surface area (Å²) in [6, 6.07) is 54.0. The number of carbonyl (C=O) groups excluding carboxylic acids is 5. The van der Waals surface area contributed by atoms with Crippen LogP contribution < -0.4 is 15.4 Å². The number of benzene rings is 6. The fourth-order valence-electron chi connectivity index (χ4n) is 8.75. The van der Waals surface area contributed by atoms with Crippen LogP contribution >= 0.6 is 46.5 Å². The van der Waals surface area contributed by atoms with E-state index < -0.39 is 64.8 Å². The van der Waals surface area contributed by atoms with E-state index in [4.69, 9.17) is 40.4 Å². The van der Waals surface area contributed by atoms with E-state index >= 15 is 0 Å². The highest BCUT2D eigenvalue weighted by molar-refractivity contribution is 8.06. The molecule has 0 saturated carbocycles. The van der Waals surface area contributed by atoms with E-state index in [2.05, 4.69) is 15.8 Å². The molecule has 2 aliphatic heterocycles. The lowest BCUT2D eigenvalue weighted by molar-refractivity contribution is -0.153. The number of ether oxygens (including phenoxy) is 4. The van der Waals surface area contributed by atoms with Gasteiger partial charge in [0.2, 0.25) is 6.61 Å². The van der Waals surface area contributed by atoms with E-state index in [0.29, 0.717) is 21.3 Å². The summed E-state index contributed by atoms with van der Waals surface area (Å²) in [6.45, 7) is 0.807. The Labute approximate surface area is 462 Å². The Morgan fingerprint density at radius 2 is 1.34 bits per heavy atom. The van der Waals surface area contributed by atoms with Crippen LogP contribution in [-0.2, 0) is 55.2 Å². The van der Waals surface area contributed by atoms with Crippen molar-refractivity contribution in [2.75, 3.05) is 30.7 Å². The van der Waals surface area contributed by atoms with Crippen LogP contribution in [0, 0.1) is 0 Å². The predicted molar refractivity (Wildman–Crippen MR) is 297 cm³/mol. The summed E-state index contributed by atoms with van der Waals surface area (Å²) in [5, 5.41) is 12.0. The minimum absolute atomic E-state index is 0.0504. The molecular formula is C58H50ClN5O10S3.